The molecule has 2 N–H and O–H groups in total. The second-order valence-corrected chi connectivity index (χ2v) is 7.42. The number of carbonyl (C=O) groups is 2. The van der Waals surface area contributed by atoms with E-state index in [4.69, 9.17) is 21.1 Å². The van der Waals surface area contributed by atoms with Gasteiger partial charge in [0, 0.05) is 25.9 Å². The lowest BCUT2D eigenvalue weighted by Crippen LogP contribution is -2.47. The van der Waals surface area contributed by atoms with Crippen LogP contribution < -0.4 is 10.6 Å². The molecule has 3 rings (SSSR count). The van der Waals surface area contributed by atoms with E-state index in [0.29, 0.717) is 62.0 Å². The van der Waals surface area contributed by atoms with Crippen LogP contribution in [0, 0.1) is 5.41 Å². The molecule has 2 fully saturated rings. The van der Waals surface area contributed by atoms with E-state index in [9.17, 15) is 9.59 Å². The van der Waals surface area contributed by atoms with Gasteiger partial charge >= 0.3 is 0 Å². The summed E-state index contributed by atoms with van der Waals surface area (Å²) in [5.41, 5.74) is 0.469. The van der Waals surface area contributed by atoms with Crippen LogP contribution in [0.5, 0.6) is 0 Å². The Bertz CT molecular complexity index is 684. The molecule has 7 nitrogen and oxygen atoms in total. The number of ether oxygens (including phenoxy) is 2. The summed E-state index contributed by atoms with van der Waals surface area (Å²) >= 11 is 6.34. The van der Waals surface area contributed by atoms with Crippen molar-refractivity contribution in [3.8, 4) is 0 Å². The Kier molecular flexibility index (Phi) is 8.52. The monoisotopic (exact) mass is 431 g/mol. The fourth-order valence-corrected chi connectivity index (χ4v) is 3.85. The number of carbonyl (C=O) groups excluding carboxylic acids is 2. The van der Waals surface area contributed by atoms with Gasteiger partial charge in [0.2, 0.25) is 5.91 Å². The van der Waals surface area contributed by atoms with Crippen LogP contribution in [0.25, 0.3) is 0 Å². The van der Waals surface area contributed by atoms with Gasteiger partial charge in [-0.1, -0.05) is 11.6 Å². The molecule has 2 saturated heterocycles. The van der Waals surface area contributed by atoms with Crippen LogP contribution in [-0.2, 0) is 14.3 Å². The van der Waals surface area contributed by atoms with E-state index in [1.165, 1.54) is 0 Å². The lowest BCUT2D eigenvalue weighted by molar-refractivity contribution is -0.130. The zero-order valence-electron chi connectivity index (χ0n) is 16.0. The van der Waals surface area contributed by atoms with Crippen LogP contribution >= 0.6 is 24.0 Å². The first kappa shape index (κ1) is 22.9. The molecule has 0 saturated carbocycles. The van der Waals surface area contributed by atoms with Gasteiger partial charge in [-0.15, -0.1) is 12.4 Å². The quantitative estimate of drug-likeness (QED) is 0.746. The number of nitrogens with one attached hydrogen (secondary N) is 2. The maximum atomic E-state index is 12.9. The molecule has 0 bridgehead atoms. The molecular formula is C19H27Cl2N3O4. The van der Waals surface area contributed by atoms with Crippen molar-refractivity contribution in [2.45, 2.75) is 12.8 Å². The molecule has 2 amide bonds. The topological polar surface area (TPSA) is 79.9 Å². The maximum absolute atomic E-state index is 12.9. The number of benzene rings is 1. The molecule has 0 atom stereocenters. The van der Waals surface area contributed by atoms with Gasteiger partial charge in [-0.3, -0.25) is 9.59 Å². The molecule has 2 heterocycles. The van der Waals surface area contributed by atoms with Gasteiger partial charge in [0.05, 0.1) is 35.8 Å². The first-order chi connectivity index (χ1) is 13.1. The zero-order chi connectivity index (χ0) is 19.3. The third-order valence-electron chi connectivity index (χ3n) is 5.22. The third-order valence-corrected chi connectivity index (χ3v) is 5.53. The zero-order valence-corrected chi connectivity index (χ0v) is 17.5. The van der Waals surface area contributed by atoms with Gasteiger partial charge < -0.3 is 25.0 Å². The number of piperidine rings is 1. The van der Waals surface area contributed by atoms with E-state index < -0.39 is 5.41 Å². The molecule has 2 aliphatic heterocycles. The van der Waals surface area contributed by atoms with E-state index in [1.54, 1.807) is 30.2 Å². The van der Waals surface area contributed by atoms with Gasteiger partial charge in [-0.05, 0) is 44.1 Å². The number of nitrogens with zero attached hydrogens (tertiary/aromatic N) is 1. The van der Waals surface area contributed by atoms with Crippen LogP contribution in [0.2, 0.25) is 5.02 Å². The summed E-state index contributed by atoms with van der Waals surface area (Å²) in [5.74, 6) is -0.190. The standard InChI is InChI=1S/C19H26ClN3O4.ClH/c1-26-13-19(4-6-21-7-5-19)18(25)22-14-2-3-15(16(20)12-14)17(24)23-8-10-27-11-9-23;/h2-3,12,21H,4-11,13H2,1H3,(H,22,25);1H. The first-order valence-corrected chi connectivity index (χ1v) is 9.61. The van der Waals surface area contributed by atoms with Crippen LogP contribution in [-0.4, -0.2) is 69.8 Å². The highest BCUT2D eigenvalue weighted by molar-refractivity contribution is 6.34. The number of hydrogen-bond donors (Lipinski definition) is 2. The Morgan fingerprint density at radius 1 is 1.29 bits per heavy atom. The summed E-state index contributed by atoms with van der Waals surface area (Å²) < 4.78 is 10.6. The molecule has 0 unspecified atom stereocenters. The molecule has 0 spiro atoms. The fourth-order valence-electron chi connectivity index (χ4n) is 3.59. The van der Waals surface area contributed by atoms with Crippen molar-refractivity contribution in [3.63, 3.8) is 0 Å². The average molecular weight is 432 g/mol. The summed E-state index contributed by atoms with van der Waals surface area (Å²) in [4.78, 5) is 27.2. The van der Waals surface area contributed by atoms with Crippen molar-refractivity contribution in [2.24, 2.45) is 5.41 Å². The van der Waals surface area contributed by atoms with Gasteiger partial charge in [0.25, 0.3) is 5.91 Å². The highest BCUT2D eigenvalue weighted by atomic mass is 35.5. The number of amides is 2. The predicted molar refractivity (Wildman–Crippen MR) is 110 cm³/mol. The van der Waals surface area contributed by atoms with Crippen molar-refractivity contribution in [1.29, 1.82) is 0 Å². The molecule has 0 aliphatic carbocycles. The first-order valence-electron chi connectivity index (χ1n) is 9.23. The minimum absolute atomic E-state index is 0. The molecule has 0 aromatic heterocycles. The number of hydrogen-bond acceptors (Lipinski definition) is 5. The molecule has 0 radical (unpaired) electrons. The van der Waals surface area contributed by atoms with Crippen molar-refractivity contribution in [3.05, 3.63) is 28.8 Å². The number of rotatable bonds is 5. The van der Waals surface area contributed by atoms with E-state index in [2.05, 4.69) is 10.6 Å². The van der Waals surface area contributed by atoms with Crippen molar-refractivity contribution >= 4 is 41.5 Å². The van der Waals surface area contributed by atoms with E-state index >= 15 is 0 Å². The van der Waals surface area contributed by atoms with Crippen LogP contribution in [0.4, 0.5) is 5.69 Å². The predicted octanol–water partition coefficient (Wildman–Crippen LogP) is 2.19. The highest BCUT2D eigenvalue weighted by Gasteiger charge is 2.39. The molecule has 2 aliphatic rings. The van der Waals surface area contributed by atoms with Gasteiger partial charge in [-0.25, -0.2) is 0 Å². The Hall–Kier alpha value is -1.38. The minimum atomic E-state index is -0.547. The Morgan fingerprint density at radius 3 is 2.57 bits per heavy atom. The van der Waals surface area contributed by atoms with Crippen molar-refractivity contribution in [1.82, 2.24) is 10.2 Å². The largest absolute Gasteiger partial charge is 0.384 e. The highest BCUT2D eigenvalue weighted by Crippen LogP contribution is 2.31. The number of halogens is 2. The summed E-state index contributed by atoms with van der Waals surface area (Å²) in [6, 6.07) is 5.02. The number of methoxy groups -OCH3 is 1. The van der Waals surface area contributed by atoms with Crippen molar-refractivity contribution < 1.29 is 19.1 Å². The summed E-state index contributed by atoms with van der Waals surface area (Å²) in [5, 5.41) is 6.55. The third kappa shape index (κ3) is 5.15. The van der Waals surface area contributed by atoms with E-state index in [-0.39, 0.29) is 24.2 Å². The van der Waals surface area contributed by atoms with E-state index in [0.717, 1.165) is 13.1 Å². The molecule has 28 heavy (non-hydrogen) atoms. The summed E-state index contributed by atoms with van der Waals surface area (Å²) in [6.45, 7) is 4.13. The second-order valence-electron chi connectivity index (χ2n) is 7.02. The lowest BCUT2D eigenvalue weighted by atomic mass is 9.78. The van der Waals surface area contributed by atoms with E-state index in [1.807, 2.05) is 0 Å². The molecule has 156 valence electrons. The SMILES string of the molecule is COCC1(C(=O)Nc2ccc(C(=O)N3CCOCC3)c(Cl)c2)CCNCC1.Cl. The minimum Gasteiger partial charge on any atom is -0.384 e. The fraction of sp³-hybridized carbons (Fsp3) is 0.579. The normalized spacial score (nSPS) is 18.9. The van der Waals surface area contributed by atoms with Crippen molar-refractivity contribution in [2.75, 3.05) is 58.4 Å². The Labute approximate surface area is 176 Å². The van der Waals surface area contributed by atoms with Crippen LogP contribution in [0.3, 0.4) is 0 Å². The number of anilines is 1. The molecule has 9 heteroatoms. The molecular weight excluding hydrogens is 405 g/mol. The van der Waals surface area contributed by atoms with Gasteiger partial charge in [0.15, 0.2) is 0 Å². The summed E-state index contributed by atoms with van der Waals surface area (Å²) in [7, 11) is 1.61. The second kappa shape index (κ2) is 10.4. The summed E-state index contributed by atoms with van der Waals surface area (Å²) in [6.07, 6.45) is 1.43. The smallest absolute Gasteiger partial charge is 0.255 e. The maximum Gasteiger partial charge on any atom is 0.255 e. The Morgan fingerprint density at radius 2 is 1.96 bits per heavy atom. The molecule has 1 aromatic rings. The van der Waals surface area contributed by atoms with Crippen LogP contribution in [0.1, 0.15) is 23.2 Å². The van der Waals surface area contributed by atoms with Gasteiger partial charge in [0.1, 0.15) is 0 Å². The van der Waals surface area contributed by atoms with Gasteiger partial charge in [-0.2, -0.15) is 0 Å². The average Bonchev–Trinajstić information content (AvgIpc) is 2.69. The Balaban J connectivity index is 0.00000280. The lowest BCUT2D eigenvalue weighted by Gasteiger charge is -2.35. The number of morpholine rings is 1. The van der Waals surface area contributed by atoms with Crippen LogP contribution in [0.15, 0.2) is 18.2 Å². The molecule has 1 aromatic carbocycles.